The van der Waals surface area contributed by atoms with Crippen molar-refractivity contribution in [1.82, 2.24) is 0 Å². The van der Waals surface area contributed by atoms with E-state index in [4.69, 9.17) is 11.6 Å². The molecule has 0 bridgehead atoms. The molecule has 0 fully saturated rings. The minimum Gasteiger partial charge on any atom is -0.206 e. The highest BCUT2D eigenvalue weighted by molar-refractivity contribution is 9.10. The van der Waals surface area contributed by atoms with Crippen LogP contribution in [0.1, 0.15) is 27.6 Å². The van der Waals surface area contributed by atoms with Gasteiger partial charge in [0.1, 0.15) is 5.82 Å². The smallest absolute Gasteiger partial charge is 0.137 e. The summed E-state index contributed by atoms with van der Waals surface area (Å²) in [5.74, 6) is -0.275. The maximum Gasteiger partial charge on any atom is 0.137 e. The molecular formula is C15H13BrClF. The van der Waals surface area contributed by atoms with Crippen LogP contribution in [0.4, 0.5) is 4.39 Å². The molecule has 0 aliphatic rings. The third-order valence-corrected chi connectivity index (χ3v) is 3.88. The second-order valence-corrected chi connectivity index (χ2v) is 5.75. The van der Waals surface area contributed by atoms with E-state index >= 15 is 0 Å². The highest BCUT2D eigenvalue weighted by Gasteiger charge is 2.13. The van der Waals surface area contributed by atoms with Crippen molar-refractivity contribution < 1.29 is 4.39 Å². The molecule has 18 heavy (non-hydrogen) atoms. The number of alkyl halides is 1. The second-order valence-electron chi connectivity index (χ2n) is 4.46. The molecule has 0 nitrogen and oxygen atoms in total. The Hall–Kier alpha value is -0.860. The molecule has 0 saturated heterocycles. The third kappa shape index (κ3) is 2.93. The number of rotatable bonds is 2. The summed E-state index contributed by atoms with van der Waals surface area (Å²) in [6, 6.07) is 11.1. The van der Waals surface area contributed by atoms with Crippen molar-refractivity contribution in [3.63, 3.8) is 0 Å². The first-order chi connectivity index (χ1) is 8.47. The SMILES string of the molecule is Cc1cc(C)cc(C(Cl)c2ccc(F)c(Br)c2)c1. The standard InChI is InChI=1S/C15H13BrClF/c1-9-5-10(2)7-12(6-9)15(17)11-3-4-14(18)13(16)8-11/h3-8,15H,1-2H3. The first-order valence-electron chi connectivity index (χ1n) is 5.64. The van der Waals surface area contributed by atoms with Gasteiger partial charge in [0.05, 0.1) is 9.85 Å². The molecule has 0 aliphatic carbocycles. The van der Waals surface area contributed by atoms with Crippen molar-refractivity contribution in [2.45, 2.75) is 19.2 Å². The molecule has 2 aromatic carbocycles. The fraction of sp³-hybridized carbons (Fsp3) is 0.200. The summed E-state index contributed by atoms with van der Waals surface area (Å²) in [4.78, 5) is 0. The fourth-order valence-electron chi connectivity index (χ4n) is 2.02. The zero-order chi connectivity index (χ0) is 13.3. The van der Waals surface area contributed by atoms with E-state index in [2.05, 4.69) is 34.1 Å². The number of hydrogen-bond donors (Lipinski definition) is 0. The quantitative estimate of drug-likeness (QED) is 0.636. The Bertz CT molecular complexity index is 560. The molecule has 1 unspecified atom stereocenters. The van der Waals surface area contributed by atoms with Crippen LogP contribution in [0.3, 0.4) is 0 Å². The number of aryl methyl sites for hydroxylation is 2. The summed E-state index contributed by atoms with van der Waals surface area (Å²) in [6.07, 6.45) is 0. The number of hydrogen-bond acceptors (Lipinski definition) is 0. The lowest BCUT2D eigenvalue weighted by atomic mass is 10.0. The number of halogens is 3. The Morgan fingerprint density at radius 3 is 2.17 bits per heavy atom. The highest BCUT2D eigenvalue weighted by atomic mass is 79.9. The summed E-state index contributed by atoms with van der Waals surface area (Å²) in [5.41, 5.74) is 4.27. The van der Waals surface area contributed by atoms with Gasteiger partial charge >= 0.3 is 0 Å². The maximum atomic E-state index is 13.2. The summed E-state index contributed by atoms with van der Waals surface area (Å²) >= 11 is 9.64. The Labute approximate surface area is 120 Å². The Morgan fingerprint density at radius 1 is 1.00 bits per heavy atom. The van der Waals surface area contributed by atoms with E-state index in [0.29, 0.717) is 4.47 Å². The maximum absolute atomic E-state index is 13.2. The van der Waals surface area contributed by atoms with Crippen molar-refractivity contribution in [2.24, 2.45) is 0 Å². The van der Waals surface area contributed by atoms with Crippen LogP contribution in [-0.4, -0.2) is 0 Å². The van der Waals surface area contributed by atoms with E-state index in [1.165, 1.54) is 17.2 Å². The van der Waals surface area contributed by atoms with Crippen LogP contribution in [0, 0.1) is 19.7 Å². The largest absolute Gasteiger partial charge is 0.206 e. The van der Waals surface area contributed by atoms with Crippen LogP contribution in [0.2, 0.25) is 0 Å². The van der Waals surface area contributed by atoms with Gasteiger partial charge in [-0.3, -0.25) is 0 Å². The topological polar surface area (TPSA) is 0 Å². The van der Waals surface area contributed by atoms with Crippen molar-refractivity contribution in [1.29, 1.82) is 0 Å². The van der Waals surface area contributed by atoms with Crippen LogP contribution in [0.5, 0.6) is 0 Å². The second kappa shape index (κ2) is 5.41. The molecular weight excluding hydrogens is 315 g/mol. The van der Waals surface area contributed by atoms with E-state index in [1.807, 2.05) is 13.8 Å². The van der Waals surface area contributed by atoms with E-state index in [1.54, 1.807) is 12.1 Å². The lowest BCUT2D eigenvalue weighted by molar-refractivity contribution is 0.620. The van der Waals surface area contributed by atoms with Gasteiger partial charge in [-0.2, -0.15) is 0 Å². The van der Waals surface area contributed by atoms with Crippen molar-refractivity contribution in [3.8, 4) is 0 Å². The van der Waals surface area contributed by atoms with E-state index in [-0.39, 0.29) is 11.2 Å². The summed E-state index contributed by atoms with van der Waals surface area (Å²) in [5, 5.41) is -0.263. The first kappa shape index (κ1) is 13.6. The zero-order valence-electron chi connectivity index (χ0n) is 10.2. The summed E-state index contributed by atoms with van der Waals surface area (Å²) < 4.78 is 13.6. The van der Waals surface area contributed by atoms with Crippen LogP contribution in [0.15, 0.2) is 40.9 Å². The molecule has 0 aliphatic heterocycles. The third-order valence-electron chi connectivity index (χ3n) is 2.77. The molecule has 0 radical (unpaired) electrons. The van der Waals surface area contributed by atoms with Crippen molar-refractivity contribution in [3.05, 3.63) is 68.9 Å². The molecule has 0 spiro atoms. The van der Waals surface area contributed by atoms with E-state index < -0.39 is 0 Å². The predicted molar refractivity (Wildman–Crippen MR) is 77.7 cm³/mol. The molecule has 0 heterocycles. The predicted octanol–water partition coefficient (Wildman–Crippen LogP) is 5.53. The normalized spacial score (nSPS) is 12.5. The minimum absolute atomic E-state index is 0.263. The van der Waals surface area contributed by atoms with E-state index in [0.717, 1.165) is 11.1 Å². The molecule has 1 atom stereocenters. The van der Waals surface area contributed by atoms with Gasteiger partial charge in [0, 0.05) is 0 Å². The van der Waals surface area contributed by atoms with Crippen molar-refractivity contribution in [2.75, 3.05) is 0 Å². The van der Waals surface area contributed by atoms with E-state index in [9.17, 15) is 4.39 Å². The summed E-state index contributed by atoms with van der Waals surface area (Å²) in [6.45, 7) is 4.08. The zero-order valence-corrected chi connectivity index (χ0v) is 12.5. The Kier molecular flexibility index (Phi) is 4.08. The van der Waals surface area contributed by atoms with Crippen LogP contribution in [-0.2, 0) is 0 Å². The lowest BCUT2D eigenvalue weighted by Crippen LogP contribution is -1.95. The molecule has 2 aromatic rings. The Morgan fingerprint density at radius 2 is 1.61 bits per heavy atom. The Balaban J connectivity index is 2.40. The average Bonchev–Trinajstić information content (AvgIpc) is 2.30. The number of benzene rings is 2. The molecule has 0 saturated carbocycles. The molecule has 0 amide bonds. The minimum atomic E-state index is -0.275. The lowest BCUT2D eigenvalue weighted by Gasteiger charge is -2.13. The monoisotopic (exact) mass is 326 g/mol. The molecule has 0 aromatic heterocycles. The van der Waals surface area contributed by atoms with Crippen molar-refractivity contribution >= 4 is 27.5 Å². The summed E-state index contributed by atoms with van der Waals surface area (Å²) in [7, 11) is 0. The van der Waals surface area contributed by atoms with Gasteiger partial charge in [-0.15, -0.1) is 11.6 Å². The fourth-order valence-corrected chi connectivity index (χ4v) is 2.68. The first-order valence-corrected chi connectivity index (χ1v) is 6.87. The molecule has 2 rings (SSSR count). The van der Waals surface area contributed by atoms with Gasteiger partial charge in [0.2, 0.25) is 0 Å². The molecule has 0 N–H and O–H groups in total. The van der Waals surface area contributed by atoms with Gasteiger partial charge in [-0.1, -0.05) is 35.4 Å². The average molecular weight is 328 g/mol. The van der Waals surface area contributed by atoms with Gasteiger partial charge in [-0.05, 0) is 53.0 Å². The van der Waals surface area contributed by atoms with Gasteiger partial charge in [0.15, 0.2) is 0 Å². The molecule has 3 heteroatoms. The van der Waals surface area contributed by atoms with Gasteiger partial charge in [-0.25, -0.2) is 4.39 Å². The van der Waals surface area contributed by atoms with Crippen LogP contribution in [0.25, 0.3) is 0 Å². The van der Waals surface area contributed by atoms with Crippen LogP contribution < -0.4 is 0 Å². The van der Waals surface area contributed by atoms with Crippen LogP contribution >= 0.6 is 27.5 Å². The highest BCUT2D eigenvalue weighted by Crippen LogP contribution is 2.32. The van der Waals surface area contributed by atoms with Gasteiger partial charge in [0.25, 0.3) is 0 Å². The van der Waals surface area contributed by atoms with Gasteiger partial charge < -0.3 is 0 Å². The molecule has 94 valence electrons.